The van der Waals surface area contributed by atoms with Crippen LogP contribution in [-0.4, -0.2) is 23.7 Å². The second-order valence-electron chi connectivity index (χ2n) is 5.21. The molecule has 0 saturated carbocycles. The summed E-state index contributed by atoms with van der Waals surface area (Å²) < 4.78 is 24.1. The minimum atomic E-state index is -0.458. The number of aromatic nitrogens is 1. The van der Waals surface area contributed by atoms with Crippen LogP contribution >= 0.6 is 0 Å². The monoisotopic (exact) mass is 291 g/mol. The van der Waals surface area contributed by atoms with E-state index in [4.69, 9.17) is 9.47 Å². The molecule has 112 valence electrons. The molecule has 0 amide bonds. The van der Waals surface area contributed by atoms with E-state index in [1.807, 2.05) is 6.92 Å². The topological polar surface area (TPSA) is 48.4 Å². The number of ether oxygens (including phenoxy) is 2. The number of nitrogens with zero attached hydrogens (tertiary/aromatic N) is 1. The van der Waals surface area contributed by atoms with Gasteiger partial charge in [-0.3, -0.25) is 4.98 Å². The van der Waals surface area contributed by atoms with E-state index in [1.54, 1.807) is 26.8 Å². The fraction of sp³-hybridized carbons (Fsp3) is 0.375. The molecule has 0 spiro atoms. The van der Waals surface area contributed by atoms with Gasteiger partial charge in [0.1, 0.15) is 11.6 Å². The van der Waals surface area contributed by atoms with Gasteiger partial charge in [0.15, 0.2) is 6.61 Å². The SMILES string of the molecule is Cc1cc(OCC(=O)OC(C)C)c2cc(F)cc(C)c2n1. The number of carbonyl (C=O) groups is 1. The summed E-state index contributed by atoms with van der Waals surface area (Å²) in [6.07, 6.45) is -0.197. The molecule has 1 aromatic heterocycles. The van der Waals surface area contributed by atoms with Crippen LogP contribution in [0.2, 0.25) is 0 Å². The first-order valence-electron chi connectivity index (χ1n) is 6.76. The van der Waals surface area contributed by atoms with Gasteiger partial charge in [0.25, 0.3) is 0 Å². The predicted octanol–water partition coefficient (Wildman–Crippen LogP) is 3.32. The highest BCUT2D eigenvalue weighted by molar-refractivity contribution is 5.88. The van der Waals surface area contributed by atoms with Gasteiger partial charge < -0.3 is 9.47 Å². The van der Waals surface area contributed by atoms with Gasteiger partial charge in [-0.25, -0.2) is 9.18 Å². The molecule has 1 heterocycles. The molecule has 2 rings (SSSR count). The van der Waals surface area contributed by atoms with E-state index in [1.165, 1.54) is 12.1 Å². The number of benzene rings is 1. The summed E-state index contributed by atoms with van der Waals surface area (Å²) in [5, 5.41) is 0.551. The molecule has 21 heavy (non-hydrogen) atoms. The maximum absolute atomic E-state index is 13.6. The molecule has 4 nitrogen and oxygen atoms in total. The molecule has 5 heteroatoms. The highest BCUT2D eigenvalue weighted by Crippen LogP contribution is 2.28. The van der Waals surface area contributed by atoms with E-state index >= 15 is 0 Å². The molecule has 0 bridgehead atoms. The van der Waals surface area contributed by atoms with E-state index in [2.05, 4.69) is 4.98 Å². The number of carbonyl (C=O) groups excluding carboxylic acids is 1. The average molecular weight is 291 g/mol. The Balaban J connectivity index is 2.33. The number of halogens is 1. The van der Waals surface area contributed by atoms with Gasteiger partial charge in [-0.15, -0.1) is 0 Å². The third kappa shape index (κ3) is 3.68. The largest absolute Gasteiger partial charge is 0.481 e. The van der Waals surface area contributed by atoms with Crippen molar-refractivity contribution in [1.82, 2.24) is 4.98 Å². The fourth-order valence-corrected chi connectivity index (χ4v) is 2.10. The lowest BCUT2D eigenvalue weighted by Crippen LogP contribution is -2.18. The summed E-state index contributed by atoms with van der Waals surface area (Å²) in [7, 11) is 0. The first kappa shape index (κ1) is 15.2. The van der Waals surface area contributed by atoms with Crippen molar-refractivity contribution in [3.05, 3.63) is 35.3 Å². The smallest absolute Gasteiger partial charge is 0.344 e. The maximum Gasteiger partial charge on any atom is 0.344 e. The molecule has 0 radical (unpaired) electrons. The molecule has 2 aromatic rings. The van der Waals surface area contributed by atoms with Crippen LogP contribution in [0.3, 0.4) is 0 Å². The molecule has 1 aromatic carbocycles. The van der Waals surface area contributed by atoms with Gasteiger partial charge in [-0.1, -0.05) is 0 Å². The second-order valence-corrected chi connectivity index (χ2v) is 5.21. The first-order chi connectivity index (χ1) is 9.86. The molecule has 0 unspecified atom stereocenters. The van der Waals surface area contributed by atoms with Crippen LogP contribution in [0, 0.1) is 19.7 Å². The van der Waals surface area contributed by atoms with Crippen molar-refractivity contribution in [2.45, 2.75) is 33.8 Å². The lowest BCUT2D eigenvalue weighted by atomic mass is 10.1. The van der Waals surface area contributed by atoms with Crippen molar-refractivity contribution in [3.63, 3.8) is 0 Å². The van der Waals surface area contributed by atoms with Crippen LogP contribution in [0.15, 0.2) is 18.2 Å². The molecule has 0 atom stereocenters. The third-order valence-electron chi connectivity index (χ3n) is 2.87. The Morgan fingerprint density at radius 2 is 2.00 bits per heavy atom. The number of hydrogen-bond donors (Lipinski definition) is 0. The van der Waals surface area contributed by atoms with Gasteiger partial charge in [-0.2, -0.15) is 0 Å². The lowest BCUT2D eigenvalue weighted by molar-refractivity contribution is -0.149. The van der Waals surface area contributed by atoms with Crippen LogP contribution in [0.4, 0.5) is 4.39 Å². The Labute approximate surface area is 122 Å². The zero-order valence-electron chi connectivity index (χ0n) is 12.6. The summed E-state index contributed by atoms with van der Waals surface area (Å²) in [4.78, 5) is 15.9. The molecular weight excluding hydrogens is 273 g/mol. The maximum atomic E-state index is 13.6. The molecular formula is C16H18FNO3. The molecule has 0 aliphatic heterocycles. The molecule has 0 aliphatic carbocycles. The summed E-state index contributed by atoms with van der Waals surface area (Å²) in [6.45, 7) is 6.92. The number of pyridine rings is 1. The van der Waals surface area contributed by atoms with Gasteiger partial charge in [-0.05, 0) is 45.4 Å². The van der Waals surface area contributed by atoms with Crippen molar-refractivity contribution in [1.29, 1.82) is 0 Å². The zero-order valence-corrected chi connectivity index (χ0v) is 12.6. The molecule has 0 aliphatic rings. The number of fused-ring (bicyclic) bond motifs is 1. The number of aryl methyl sites for hydroxylation is 2. The summed E-state index contributed by atoms with van der Waals surface area (Å²) >= 11 is 0. The van der Waals surface area contributed by atoms with Crippen molar-refractivity contribution < 1.29 is 18.7 Å². The van der Waals surface area contributed by atoms with E-state index in [9.17, 15) is 9.18 Å². The van der Waals surface area contributed by atoms with Gasteiger partial charge in [0.2, 0.25) is 0 Å². The predicted molar refractivity (Wildman–Crippen MR) is 77.9 cm³/mol. The molecule has 0 N–H and O–H groups in total. The molecule has 0 fully saturated rings. The van der Waals surface area contributed by atoms with E-state index in [0.717, 1.165) is 11.3 Å². The van der Waals surface area contributed by atoms with Crippen molar-refractivity contribution in [2.24, 2.45) is 0 Å². The van der Waals surface area contributed by atoms with E-state index in [0.29, 0.717) is 16.7 Å². The Bertz CT molecular complexity index is 683. The average Bonchev–Trinajstić information content (AvgIpc) is 2.36. The first-order valence-corrected chi connectivity index (χ1v) is 6.76. The number of hydrogen-bond acceptors (Lipinski definition) is 4. The minimum Gasteiger partial charge on any atom is -0.481 e. The summed E-state index contributed by atoms with van der Waals surface area (Å²) in [5.74, 6) is -0.387. The molecule has 0 saturated heterocycles. The Kier molecular flexibility index (Phi) is 4.40. The van der Waals surface area contributed by atoms with E-state index < -0.39 is 5.97 Å². The Morgan fingerprint density at radius 1 is 1.29 bits per heavy atom. The minimum absolute atomic E-state index is 0.197. The van der Waals surface area contributed by atoms with Crippen LogP contribution in [0.5, 0.6) is 5.75 Å². The highest BCUT2D eigenvalue weighted by atomic mass is 19.1. The lowest BCUT2D eigenvalue weighted by Gasteiger charge is -2.12. The van der Waals surface area contributed by atoms with Crippen LogP contribution in [-0.2, 0) is 9.53 Å². The van der Waals surface area contributed by atoms with Gasteiger partial charge in [0, 0.05) is 17.1 Å². The quantitative estimate of drug-likeness (QED) is 0.811. The number of esters is 1. The Hall–Kier alpha value is -2.17. The normalized spacial score (nSPS) is 11.0. The van der Waals surface area contributed by atoms with Crippen molar-refractivity contribution >= 4 is 16.9 Å². The van der Waals surface area contributed by atoms with Crippen LogP contribution in [0.1, 0.15) is 25.1 Å². The van der Waals surface area contributed by atoms with Gasteiger partial charge in [0.05, 0.1) is 11.6 Å². The second kappa shape index (κ2) is 6.08. The van der Waals surface area contributed by atoms with E-state index in [-0.39, 0.29) is 18.5 Å². The Morgan fingerprint density at radius 3 is 2.67 bits per heavy atom. The van der Waals surface area contributed by atoms with Gasteiger partial charge >= 0.3 is 5.97 Å². The third-order valence-corrected chi connectivity index (χ3v) is 2.87. The van der Waals surface area contributed by atoms with Crippen molar-refractivity contribution in [3.8, 4) is 5.75 Å². The van der Waals surface area contributed by atoms with Crippen LogP contribution < -0.4 is 4.74 Å². The zero-order chi connectivity index (χ0) is 15.6. The highest BCUT2D eigenvalue weighted by Gasteiger charge is 2.12. The fourth-order valence-electron chi connectivity index (χ4n) is 2.10. The van der Waals surface area contributed by atoms with Crippen molar-refractivity contribution in [2.75, 3.05) is 6.61 Å². The van der Waals surface area contributed by atoms with Crippen LogP contribution in [0.25, 0.3) is 10.9 Å². The number of rotatable bonds is 4. The summed E-state index contributed by atoms with van der Waals surface area (Å²) in [5.41, 5.74) is 2.14. The summed E-state index contributed by atoms with van der Waals surface area (Å²) in [6, 6.07) is 4.47. The standard InChI is InChI=1S/C16H18FNO3/c1-9(2)21-15(19)8-20-14-6-11(4)18-16-10(3)5-12(17)7-13(14)16/h5-7,9H,8H2,1-4H3.